The highest BCUT2D eigenvalue weighted by Crippen LogP contribution is 2.29. The second-order valence-electron chi connectivity index (χ2n) is 4.08. The number of alkyl halides is 3. The molecule has 1 aromatic carbocycles. The first-order valence-electron chi connectivity index (χ1n) is 6.07. The molecule has 106 valence electrons. The summed E-state index contributed by atoms with van der Waals surface area (Å²) >= 11 is 0. The summed E-state index contributed by atoms with van der Waals surface area (Å²) in [7, 11) is 0. The van der Waals surface area contributed by atoms with E-state index in [1.165, 1.54) is 6.07 Å². The molecule has 0 fully saturated rings. The molecule has 0 spiro atoms. The van der Waals surface area contributed by atoms with E-state index in [2.05, 4.69) is 10.6 Å². The minimum atomic E-state index is -4.32. The fraction of sp³-hybridized carbons (Fsp3) is 0.462. The number of nitrogens with one attached hydrogen (secondary N) is 2. The van der Waals surface area contributed by atoms with E-state index in [1.54, 1.807) is 6.07 Å². The zero-order valence-electron chi connectivity index (χ0n) is 10.7. The van der Waals surface area contributed by atoms with Crippen LogP contribution < -0.4 is 10.6 Å². The Morgan fingerprint density at radius 1 is 1.32 bits per heavy atom. The average Bonchev–Trinajstić information content (AvgIpc) is 2.34. The monoisotopic (exact) mass is 274 g/mol. The number of hydrogen-bond acceptors (Lipinski definition) is 2. The van der Waals surface area contributed by atoms with E-state index in [0.717, 1.165) is 12.1 Å². The third-order valence-corrected chi connectivity index (χ3v) is 2.49. The number of carbonyl (C=O) groups excluding carboxylic acids is 1. The number of hydrogen-bond donors (Lipinski definition) is 2. The Morgan fingerprint density at radius 3 is 2.68 bits per heavy atom. The van der Waals surface area contributed by atoms with Crippen molar-refractivity contribution in [1.29, 1.82) is 0 Å². The molecule has 0 aromatic heterocycles. The van der Waals surface area contributed by atoms with Gasteiger partial charge in [-0.25, -0.2) is 0 Å². The van der Waals surface area contributed by atoms with Crippen molar-refractivity contribution in [2.45, 2.75) is 26.1 Å². The Hall–Kier alpha value is -1.56. The predicted octanol–water partition coefficient (Wildman–Crippen LogP) is 2.32. The Bertz CT molecular complexity index is 419. The van der Waals surface area contributed by atoms with Crippen LogP contribution in [-0.4, -0.2) is 19.0 Å². The highest BCUT2D eigenvalue weighted by Gasteiger charge is 2.30. The topological polar surface area (TPSA) is 41.1 Å². The maximum Gasteiger partial charge on any atom is 0.416 e. The Kier molecular flexibility index (Phi) is 5.82. The lowest BCUT2D eigenvalue weighted by Crippen LogP contribution is -2.27. The van der Waals surface area contributed by atoms with Crippen molar-refractivity contribution in [3.05, 3.63) is 35.4 Å². The summed E-state index contributed by atoms with van der Waals surface area (Å²) in [5.41, 5.74) is -0.110. The summed E-state index contributed by atoms with van der Waals surface area (Å²) in [4.78, 5) is 11.1. The van der Waals surface area contributed by atoms with Gasteiger partial charge in [0, 0.05) is 26.1 Å². The number of amides is 1. The van der Waals surface area contributed by atoms with Gasteiger partial charge in [-0.1, -0.05) is 18.2 Å². The molecular weight excluding hydrogens is 257 g/mol. The van der Waals surface area contributed by atoms with E-state index in [0.29, 0.717) is 31.6 Å². The zero-order chi connectivity index (χ0) is 14.3. The number of carbonyl (C=O) groups is 1. The van der Waals surface area contributed by atoms with Gasteiger partial charge in [0.1, 0.15) is 0 Å². The van der Waals surface area contributed by atoms with Crippen LogP contribution >= 0.6 is 0 Å². The van der Waals surface area contributed by atoms with Gasteiger partial charge in [-0.3, -0.25) is 4.79 Å². The first-order valence-corrected chi connectivity index (χ1v) is 6.07. The molecule has 6 heteroatoms. The Balaban J connectivity index is 2.40. The van der Waals surface area contributed by atoms with Crippen molar-refractivity contribution < 1.29 is 18.0 Å². The summed E-state index contributed by atoms with van der Waals surface area (Å²) in [6.07, 6.45) is -4.01. The minimum absolute atomic E-state index is 0.0703. The lowest BCUT2D eigenvalue weighted by molar-refractivity contribution is -0.137. The average molecular weight is 274 g/mol. The van der Waals surface area contributed by atoms with Gasteiger partial charge in [0.05, 0.1) is 5.56 Å². The fourth-order valence-electron chi connectivity index (χ4n) is 1.58. The van der Waals surface area contributed by atoms with Gasteiger partial charge >= 0.3 is 6.18 Å². The Labute approximate surface area is 110 Å². The third kappa shape index (κ3) is 5.74. The van der Waals surface area contributed by atoms with Crippen molar-refractivity contribution >= 4 is 5.91 Å². The molecule has 19 heavy (non-hydrogen) atoms. The highest BCUT2D eigenvalue weighted by atomic mass is 19.4. The zero-order valence-corrected chi connectivity index (χ0v) is 10.7. The Morgan fingerprint density at radius 2 is 2.05 bits per heavy atom. The molecule has 0 aliphatic heterocycles. The lowest BCUT2D eigenvalue weighted by atomic mass is 10.1. The first-order chi connectivity index (χ1) is 8.93. The van der Waals surface area contributed by atoms with Gasteiger partial charge in [0.15, 0.2) is 0 Å². The smallest absolute Gasteiger partial charge is 0.356 e. The van der Waals surface area contributed by atoms with Crippen LogP contribution in [0.5, 0.6) is 0 Å². The van der Waals surface area contributed by atoms with Crippen molar-refractivity contribution in [1.82, 2.24) is 10.6 Å². The fourth-order valence-corrected chi connectivity index (χ4v) is 1.58. The molecule has 0 saturated heterocycles. The summed E-state index contributed by atoms with van der Waals surface area (Å²) in [5.74, 6) is -0.0703. The van der Waals surface area contributed by atoms with E-state index in [-0.39, 0.29) is 5.91 Å². The van der Waals surface area contributed by atoms with Gasteiger partial charge < -0.3 is 10.6 Å². The molecule has 0 unspecified atom stereocenters. The van der Waals surface area contributed by atoms with Crippen LogP contribution in [0.25, 0.3) is 0 Å². The van der Waals surface area contributed by atoms with Crippen LogP contribution in [0.4, 0.5) is 13.2 Å². The molecule has 1 aromatic rings. The summed E-state index contributed by atoms with van der Waals surface area (Å²) < 4.78 is 37.4. The molecule has 0 aliphatic rings. The number of halogens is 3. The highest BCUT2D eigenvalue weighted by molar-refractivity contribution is 5.75. The molecule has 0 heterocycles. The van der Waals surface area contributed by atoms with Gasteiger partial charge in [0.25, 0.3) is 0 Å². The second-order valence-corrected chi connectivity index (χ2v) is 4.08. The first kappa shape index (κ1) is 15.5. The van der Waals surface area contributed by atoms with Crippen LogP contribution in [0, 0.1) is 0 Å². The van der Waals surface area contributed by atoms with Gasteiger partial charge in [-0.15, -0.1) is 0 Å². The van der Waals surface area contributed by atoms with E-state index in [1.807, 2.05) is 6.92 Å². The van der Waals surface area contributed by atoms with Crippen LogP contribution in [0.3, 0.4) is 0 Å². The molecule has 0 atom stereocenters. The number of rotatable bonds is 6. The lowest BCUT2D eigenvalue weighted by Gasteiger charge is -2.09. The molecule has 1 amide bonds. The normalized spacial score (nSPS) is 11.4. The molecule has 0 bridgehead atoms. The van der Waals surface area contributed by atoms with Gasteiger partial charge in [-0.2, -0.15) is 13.2 Å². The van der Waals surface area contributed by atoms with Crippen molar-refractivity contribution in [2.24, 2.45) is 0 Å². The molecule has 2 N–H and O–H groups in total. The van der Waals surface area contributed by atoms with Crippen LogP contribution in [-0.2, 0) is 17.5 Å². The van der Waals surface area contributed by atoms with Crippen molar-refractivity contribution in [3.8, 4) is 0 Å². The molecule has 1 rings (SSSR count). The predicted molar refractivity (Wildman–Crippen MR) is 66.5 cm³/mol. The molecular formula is C13H17F3N2O. The molecule has 0 saturated carbocycles. The van der Waals surface area contributed by atoms with E-state index in [4.69, 9.17) is 0 Å². The van der Waals surface area contributed by atoms with Crippen LogP contribution in [0.1, 0.15) is 24.5 Å². The molecule has 3 nitrogen and oxygen atoms in total. The minimum Gasteiger partial charge on any atom is -0.356 e. The van der Waals surface area contributed by atoms with Crippen molar-refractivity contribution in [3.63, 3.8) is 0 Å². The molecule has 0 radical (unpaired) electrons. The van der Waals surface area contributed by atoms with Gasteiger partial charge in [0.2, 0.25) is 5.91 Å². The second kappa shape index (κ2) is 7.13. The van der Waals surface area contributed by atoms with Gasteiger partial charge in [-0.05, 0) is 18.6 Å². The maximum atomic E-state index is 12.5. The SMILES string of the molecule is CCNC(=O)CCNCc1cccc(C(F)(F)F)c1. The summed E-state index contributed by atoms with van der Waals surface area (Å²) in [6.45, 7) is 3.14. The molecule has 0 aliphatic carbocycles. The quantitative estimate of drug-likeness (QED) is 0.782. The third-order valence-electron chi connectivity index (χ3n) is 2.49. The standard InChI is InChI=1S/C13H17F3N2O/c1-2-18-12(19)6-7-17-9-10-4-3-5-11(8-10)13(14,15)16/h3-5,8,17H,2,6-7,9H2,1H3,(H,18,19). The van der Waals surface area contributed by atoms with E-state index < -0.39 is 11.7 Å². The van der Waals surface area contributed by atoms with Crippen molar-refractivity contribution in [2.75, 3.05) is 13.1 Å². The number of benzene rings is 1. The van der Waals surface area contributed by atoms with Crippen LogP contribution in [0.2, 0.25) is 0 Å². The van der Waals surface area contributed by atoms with E-state index >= 15 is 0 Å². The summed E-state index contributed by atoms with van der Waals surface area (Å²) in [6, 6.07) is 5.15. The van der Waals surface area contributed by atoms with Crippen LogP contribution in [0.15, 0.2) is 24.3 Å². The van der Waals surface area contributed by atoms with E-state index in [9.17, 15) is 18.0 Å². The largest absolute Gasteiger partial charge is 0.416 e. The summed E-state index contributed by atoms with van der Waals surface area (Å²) in [5, 5.41) is 5.59. The maximum absolute atomic E-state index is 12.5.